The van der Waals surface area contributed by atoms with E-state index in [2.05, 4.69) is 45.7 Å². The summed E-state index contributed by atoms with van der Waals surface area (Å²) >= 11 is 0. The second kappa shape index (κ2) is 14.5. The third-order valence-electron chi connectivity index (χ3n) is 7.31. The second-order valence-electron chi connectivity index (χ2n) is 12.0. The average molecular weight is 593 g/mol. The first-order chi connectivity index (χ1) is 20.5. The zero-order valence-electron chi connectivity index (χ0n) is 25.9. The molecule has 43 heavy (non-hydrogen) atoms. The first-order valence-electron chi connectivity index (χ1n) is 14.9. The molecule has 1 aliphatic heterocycles. The van der Waals surface area contributed by atoms with Gasteiger partial charge >= 0.3 is 12.1 Å². The van der Waals surface area contributed by atoms with Gasteiger partial charge in [-0.25, -0.2) is 14.6 Å². The number of likely N-dealkylation sites (N-methyl/N-ethyl adjacent to an activating group) is 1. The largest absolute Gasteiger partial charge is 0.465 e. The highest BCUT2D eigenvalue weighted by atomic mass is 16.6. The predicted octanol–water partition coefficient (Wildman–Crippen LogP) is 4.52. The fraction of sp³-hybridized carbons (Fsp3) is 0.500. The van der Waals surface area contributed by atoms with E-state index in [9.17, 15) is 14.4 Å². The molecule has 3 aromatic rings. The van der Waals surface area contributed by atoms with Crippen LogP contribution in [-0.4, -0.2) is 89.8 Å². The number of piperazine rings is 1. The lowest BCUT2D eigenvalue weighted by Crippen LogP contribution is -2.43. The van der Waals surface area contributed by atoms with Crippen molar-refractivity contribution in [2.45, 2.75) is 58.7 Å². The number of hydrogen-bond donors (Lipinski definition) is 2. The Bertz CT molecular complexity index is 1420. The van der Waals surface area contributed by atoms with Gasteiger partial charge in [0.25, 0.3) is 5.91 Å². The van der Waals surface area contributed by atoms with Crippen molar-refractivity contribution in [1.82, 2.24) is 24.7 Å². The Labute approximate surface area is 253 Å². The molecule has 1 aromatic heterocycles. The molecule has 232 valence electrons. The van der Waals surface area contributed by atoms with Gasteiger partial charge in [-0.15, -0.1) is 0 Å². The maximum absolute atomic E-state index is 13.3. The van der Waals surface area contributed by atoms with Crippen LogP contribution in [0.25, 0.3) is 11.0 Å². The van der Waals surface area contributed by atoms with Crippen LogP contribution in [0.5, 0.6) is 0 Å². The lowest BCUT2D eigenvalue weighted by molar-refractivity contribution is 0.0525. The normalized spacial score (nSPS) is 14.4. The second-order valence-corrected chi connectivity index (χ2v) is 12.0. The molecule has 1 fully saturated rings. The van der Waals surface area contributed by atoms with E-state index in [1.54, 1.807) is 18.2 Å². The van der Waals surface area contributed by atoms with Crippen molar-refractivity contribution >= 4 is 35.0 Å². The van der Waals surface area contributed by atoms with Crippen molar-refractivity contribution in [2.24, 2.45) is 0 Å². The van der Waals surface area contributed by atoms with Gasteiger partial charge < -0.3 is 24.3 Å². The summed E-state index contributed by atoms with van der Waals surface area (Å²) in [6.45, 7) is 11.7. The highest BCUT2D eigenvalue weighted by Crippen LogP contribution is 2.24. The van der Waals surface area contributed by atoms with Crippen LogP contribution in [0.1, 0.15) is 66.3 Å². The molecule has 0 spiro atoms. The van der Waals surface area contributed by atoms with Crippen LogP contribution >= 0.6 is 0 Å². The fourth-order valence-electron chi connectivity index (χ4n) is 5.01. The number of carbonyl (C=O) groups is 3. The molecule has 2 N–H and O–H groups in total. The molecule has 1 saturated heterocycles. The van der Waals surface area contributed by atoms with Crippen molar-refractivity contribution in [3.05, 3.63) is 59.2 Å². The number of aryl methyl sites for hydroxylation is 1. The summed E-state index contributed by atoms with van der Waals surface area (Å²) in [5.74, 6) is -0.412. The molecule has 2 amide bonds. The Hall–Kier alpha value is -3.96. The van der Waals surface area contributed by atoms with E-state index in [1.165, 1.54) is 18.7 Å². The number of hydrogen-bond acceptors (Lipinski definition) is 8. The van der Waals surface area contributed by atoms with E-state index in [1.807, 2.05) is 25.3 Å². The lowest BCUT2D eigenvalue weighted by atomic mass is 10.1. The number of imidazole rings is 1. The van der Waals surface area contributed by atoms with Crippen LogP contribution in [0.15, 0.2) is 42.5 Å². The SMILES string of the molecule is COC(=O)c1cccc(C(=O)Nc2nc3cc(CN4CCN(C)CC4)ccc3n2CCCCCNC(=O)OC(C)(C)C)c1. The number of fused-ring (bicyclic) bond motifs is 1. The maximum atomic E-state index is 13.3. The number of esters is 1. The maximum Gasteiger partial charge on any atom is 0.407 e. The topological polar surface area (TPSA) is 118 Å². The van der Waals surface area contributed by atoms with Gasteiger partial charge in [0.15, 0.2) is 0 Å². The van der Waals surface area contributed by atoms with Gasteiger partial charge in [0, 0.05) is 51.4 Å². The number of methoxy groups -OCH3 is 1. The lowest BCUT2D eigenvalue weighted by Gasteiger charge is -2.32. The van der Waals surface area contributed by atoms with E-state index in [0.29, 0.717) is 30.2 Å². The number of amides is 2. The molecule has 0 atom stereocenters. The van der Waals surface area contributed by atoms with E-state index in [-0.39, 0.29) is 5.91 Å². The van der Waals surface area contributed by atoms with Crippen LogP contribution in [0.2, 0.25) is 0 Å². The molecule has 0 bridgehead atoms. The number of aromatic nitrogens is 2. The zero-order valence-corrected chi connectivity index (χ0v) is 25.9. The number of carbonyl (C=O) groups excluding carboxylic acids is 3. The van der Waals surface area contributed by atoms with Gasteiger partial charge in [-0.2, -0.15) is 0 Å². The van der Waals surface area contributed by atoms with Crippen LogP contribution < -0.4 is 10.6 Å². The molecule has 11 nitrogen and oxygen atoms in total. The quantitative estimate of drug-likeness (QED) is 0.247. The fourth-order valence-corrected chi connectivity index (χ4v) is 5.01. The zero-order chi connectivity index (χ0) is 31.0. The van der Waals surface area contributed by atoms with Gasteiger partial charge in [0.1, 0.15) is 5.60 Å². The van der Waals surface area contributed by atoms with Crippen molar-refractivity contribution < 1.29 is 23.9 Å². The molecule has 0 unspecified atom stereocenters. The molecular formula is C32H44N6O5. The Morgan fingerprint density at radius 3 is 2.42 bits per heavy atom. The molecule has 2 aromatic carbocycles. The van der Waals surface area contributed by atoms with Gasteiger partial charge in [-0.1, -0.05) is 12.1 Å². The molecule has 0 saturated carbocycles. The number of rotatable bonds is 11. The van der Waals surface area contributed by atoms with E-state index in [4.69, 9.17) is 14.5 Å². The third-order valence-corrected chi connectivity index (χ3v) is 7.31. The minimum absolute atomic E-state index is 0.303. The van der Waals surface area contributed by atoms with Crippen molar-refractivity contribution in [1.29, 1.82) is 0 Å². The standard InChI is InChI=1S/C32H44N6O5/c1-32(2,3)43-31(41)33-14-7-6-8-15-38-27-13-12-23(22-37-18-16-36(4)17-19-37)20-26(27)34-30(38)35-28(39)24-10-9-11-25(21-24)29(40)42-5/h9-13,20-21H,6-8,14-19,22H2,1-5H3,(H,33,41)(H,34,35,39). The summed E-state index contributed by atoms with van der Waals surface area (Å²) in [5, 5.41) is 5.77. The van der Waals surface area contributed by atoms with Crippen LogP contribution in [0.3, 0.4) is 0 Å². The number of nitrogens with zero attached hydrogens (tertiary/aromatic N) is 4. The average Bonchev–Trinajstić information content (AvgIpc) is 3.30. The number of ether oxygens (including phenoxy) is 2. The minimum atomic E-state index is -0.529. The van der Waals surface area contributed by atoms with E-state index >= 15 is 0 Å². The Balaban J connectivity index is 1.47. The van der Waals surface area contributed by atoms with Gasteiger partial charge in [-0.3, -0.25) is 15.0 Å². The first-order valence-corrected chi connectivity index (χ1v) is 14.9. The van der Waals surface area contributed by atoms with E-state index < -0.39 is 17.7 Å². The molecule has 2 heterocycles. The number of anilines is 1. The highest BCUT2D eigenvalue weighted by Gasteiger charge is 2.19. The Kier molecular flexibility index (Phi) is 10.8. The van der Waals surface area contributed by atoms with Crippen molar-refractivity contribution in [2.75, 3.05) is 52.2 Å². The molecule has 0 radical (unpaired) electrons. The van der Waals surface area contributed by atoms with Gasteiger partial charge in [0.2, 0.25) is 5.95 Å². The summed E-state index contributed by atoms with van der Waals surface area (Å²) in [4.78, 5) is 46.8. The third kappa shape index (κ3) is 9.26. The highest BCUT2D eigenvalue weighted by molar-refractivity contribution is 6.05. The summed E-state index contributed by atoms with van der Waals surface area (Å²) in [5.41, 5.74) is 3.05. The summed E-state index contributed by atoms with van der Waals surface area (Å²) < 4.78 is 12.1. The number of nitrogens with one attached hydrogen (secondary N) is 2. The van der Waals surface area contributed by atoms with Crippen LogP contribution in [0.4, 0.5) is 10.7 Å². The smallest absolute Gasteiger partial charge is 0.407 e. The minimum Gasteiger partial charge on any atom is -0.465 e. The molecule has 0 aliphatic carbocycles. The van der Waals surface area contributed by atoms with E-state index in [0.717, 1.165) is 63.0 Å². The predicted molar refractivity (Wildman–Crippen MR) is 166 cm³/mol. The van der Waals surface area contributed by atoms with Crippen LogP contribution in [-0.2, 0) is 22.6 Å². The summed E-state index contributed by atoms with van der Waals surface area (Å²) in [6, 6.07) is 12.7. The van der Waals surface area contributed by atoms with Gasteiger partial charge in [0.05, 0.1) is 23.7 Å². The Morgan fingerprint density at radius 1 is 0.953 bits per heavy atom. The number of benzene rings is 2. The first kappa shape index (κ1) is 32.0. The number of unbranched alkanes of at least 4 members (excludes halogenated alkanes) is 2. The summed E-state index contributed by atoms with van der Waals surface area (Å²) in [7, 11) is 3.46. The number of alkyl carbamates (subject to hydrolysis) is 1. The van der Waals surface area contributed by atoms with Crippen molar-refractivity contribution in [3.63, 3.8) is 0 Å². The Morgan fingerprint density at radius 2 is 1.70 bits per heavy atom. The monoisotopic (exact) mass is 592 g/mol. The molecule has 1 aliphatic rings. The van der Waals surface area contributed by atoms with Crippen LogP contribution in [0, 0.1) is 0 Å². The van der Waals surface area contributed by atoms with Gasteiger partial charge in [-0.05, 0) is 83.0 Å². The van der Waals surface area contributed by atoms with Crippen molar-refractivity contribution in [3.8, 4) is 0 Å². The molecule has 4 rings (SSSR count). The molecule has 11 heteroatoms. The molecular weight excluding hydrogens is 548 g/mol. The summed E-state index contributed by atoms with van der Waals surface area (Å²) in [6.07, 6.45) is 2.07.